The van der Waals surface area contributed by atoms with Gasteiger partial charge in [0.25, 0.3) is 0 Å². The maximum absolute atomic E-state index is 13.0. The number of aromatic nitrogens is 3. The van der Waals surface area contributed by atoms with E-state index in [1.807, 2.05) is 54.9 Å². The van der Waals surface area contributed by atoms with Crippen LogP contribution in [0.1, 0.15) is 44.2 Å². The molecule has 3 aromatic heterocycles. The SMILES string of the molecule is CCCCCc1ccc(S(=O)(=O)NCCc2c(-c3cccs3)n[nH]c2-c2cccc(N(C)CC)n2)cc1. The van der Waals surface area contributed by atoms with Gasteiger partial charge in [-0.15, -0.1) is 11.3 Å². The topological polar surface area (TPSA) is 91.0 Å². The van der Waals surface area contributed by atoms with Gasteiger partial charge in [0, 0.05) is 25.7 Å². The van der Waals surface area contributed by atoms with Crippen molar-refractivity contribution in [2.75, 3.05) is 25.0 Å². The molecule has 0 fully saturated rings. The number of benzene rings is 1. The normalized spacial score (nSPS) is 11.6. The predicted octanol–water partition coefficient (Wildman–Crippen LogP) is 5.91. The van der Waals surface area contributed by atoms with Crippen molar-refractivity contribution in [1.82, 2.24) is 19.9 Å². The van der Waals surface area contributed by atoms with E-state index in [2.05, 4.69) is 33.7 Å². The second-order valence-electron chi connectivity index (χ2n) is 9.05. The molecule has 0 aliphatic heterocycles. The van der Waals surface area contributed by atoms with Crippen molar-refractivity contribution in [3.8, 4) is 22.0 Å². The lowest BCUT2D eigenvalue weighted by molar-refractivity contribution is 0.581. The number of H-pyrrole nitrogens is 1. The Bertz CT molecular complexity index is 1380. The summed E-state index contributed by atoms with van der Waals surface area (Å²) in [6.07, 6.45) is 4.91. The van der Waals surface area contributed by atoms with Crippen LogP contribution in [0.5, 0.6) is 0 Å². The van der Waals surface area contributed by atoms with E-state index in [1.54, 1.807) is 23.5 Å². The van der Waals surface area contributed by atoms with Gasteiger partial charge in [-0.1, -0.05) is 44.0 Å². The number of hydrogen-bond donors (Lipinski definition) is 2. The first kappa shape index (κ1) is 27.0. The highest BCUT2D eigenvalue weighted by molar-refractivity contribution is 7.89. The van der Waals surface area contributed by atoms with Crippen molar-refractivity contribution in [2.45, 2.75) is 50.8 Å². The summed E-state index contributed by atoms with van der Waals surface area (Å²) in [5.41, 5.74) is 4.53. The largest absolute Gasteiger partial charge is 0.360 e. The van der Waals surface area contributed by atoms with Gasteiger partial charge in [-0.2, -0.15) is 5.10 Å². The Morgan fingerprint density at radius 3 is 2.51 bits per heavy atom. The second kappa shape index (κ2) is 12.5. The highest BCUT2D eigenvalue weighted by Crippen LogP contribution is 2.33. The van der Waals surface area contributed by atoms with Crippen LogP contribution in [0.2, 0.25) is 0 Å². The molecule has 0 radical (unpaired) electrons. The number of unbranched alkanes of at least 4 members (excludes halogenated alkanes) is 2. The zero-order valence-corrected chi connectivity index (χ0v) is 23.3. The molecule has 1 aromatic carbocycles. The minimum atomic E-state index is -3.62. The lowest BCUT2D eigenvalue weighted by Crippen LogP contribution is -2.26. The maximum Gasteiger partial charge on any atom is 0.240 e. The number of aryl methyl sites for hydroxylation is 1. The average molecular weight is 538 g/mol. The van der Waals surface area contributed by atoms with Gasteiger partial charge < -0.3 is 4.90 Å². The van der Waals surface area contributed by atoms with Crippen LogP contribution in [-0.2, 0) is 22.9 Å². The Hall–Kier alpha value is -3.01. The molecule has 7 nitrogen and oxygen atoms in total. The molecule has 9 heteroatoms. The van der Waals surface area contributed by atoms with Gasteiger partial charge in [-0.3, -0.25) is 5.10 Å². The van der Waals surface area contributed by atoms with Crippen LogP contribution in [0.25, 0.3) is 22.0 Å². The van der Waals surface area contributed by atoms with Gasteiger partial charge >= 0.3 is 0 Å². The number of nitrogens with one attached hydrogen (secondary N) is 2. The van der Waals surface area contributed by atoms with Gasteiger partial charge in [0.15, 0.2) is 0 Å². The Morgan fingerprint density at radius 1 is 1.00 bits per heavy atom. The molecule has 4 aromatic rings. The van der Waals surface area contributed by atoms with Crippen LogP contribution in [-0.4, -0.2) is 43.7 Å². The number of rotatable bonds is 13. The molecule has 0 atom stereocenters. The summed E-state index contributed by atoms with van der Waals surface area (Å²) in [7, 11) is -1.62. The number of pyridine rings is 1. The number of nitrogens with zero attached hydrogens (tertiary/aromatic N) is 3. The number of sulfonamides is 1. The van der Waals surface area contributed by atoms with E-state index in [1.165, 1.54) is 18.4 Å². The Morgan fingerprint density at radius 2 is 1.81 bits per heavy atom. The number of aromatic amines is 1. The van der Waals surface area contributed by atoms with E-state index < -0.39 is 10.0 Å². The summed E-state index contributed by atoms with van der Waals surface area (Å²) in [5, 5.41) is 9.78. The summed E-state index contributed by atoms with van der Waals surface area (Å²) in [6.45, 7) is 5.35. The van der Waals surface area contributed by atoms with Crippen molar-refractivity contribution in [3.05, 3.63) is 71.1 Å². The Kier molecular flexibility index (Phi) is 9.13. The lowest BCUT2D eigenvalue weighted by atomic mass is 10.1. The summed E-state index contributed by atoms with van der Waals surface area (Å²) in [5.74, 6) is 0.872. The van der Waals surface area contributed by atoms with Gasteiger partial charge in [0.1, 0.15) is 11.5 Å². The van der Waals surface area contributed by atoms with E-state index in [0.29, 0.717) is 6.42 Å². The van der Waals surface area contributed by atoms with Gasteiger partial charge in [0.2, 0.25) is 10.0 Å². The highest BCUT2D eigenvalue weighted by atomic mass is 32.2. The van der Waals surface area contributed by atoms with Crippen molar-refractivity contribution in [1.29, 1.82) is 0 Å². The fourth-order valence-corrected chi connectivity index (χ4v) is 5.96. The molecule has 0 saturated carbocycles. The van der Waals surface area contributed by atoms with Crippen molar-refractivity contribution >= 4 is 27.2 Å². The molecular formula is C28H35N5O2S2. The maximum atomic E-state index is 13.0. The zero-order valence-electron chi connectivity index (χ0n) is 21.7. The minimum absolute atomic E-state index is 0.250. The molecule has 196 valence electrons. The summed E-state index contributed by atoms with van der Waals surface area (Å²) >= 11 is 1.60. The molecule has 37 heavy (non-hydrogen) atoms. The molecule has 0 bridgehead atoms. The van der Waals surface area contributed by atoms with E-state index in [-0.39, 0.29) is 11.4 Å². The molecular weight excluding hydrogens is 502 g/mol. The molecule has 0 amide bonds. The summed E-state index contributed by atoms with van der Waals surface area (Å²) < 4.78 is 28.8. The van der Waals surface area contributed by atoms with Crippen LogP contribution in [0, 0.1) is 0 Å². The van der Waals surface area contributed by atoms with Crippen LogP contribution in [0.15, 0.2) is 64.9 Å². The van der Waals surface area contributed by atoms with Gasteiger partial charge in [0.05, 0.1) is 21.2 Å². The number of hydrogen-bond acceptors (Lipinski definition) is 6. The van der Waals surface area contributed by atoms with Crippen LogP contribution < -0.4 is 9.62 Å². The van der Waals surface area contributed by atoms with Crippen molar-refractivity contribution in [3.63, 3.8) is 0 Å². The fraction of sp³-hybridized carbons (Fsp3) is 0.357. The van der Waals surface area contributed by atoms with E-state index >= 15 is 0 Å². The number of anilines is 1. The standard InChI is InChI=1S/C28H35N5O2S2/c1-4-6-7-10-21-14-16-22(17-15-21)37(34,35)29-19-18-23-27(31-32-28(23)25-12-9-20-36-25)24-11-8-13-26(30-24)33(3)5-2/h8-9,11-17,20,29H,4-7,10,18-19H2,1-3H3,(H,31,32). The zero-order chi connectivity index (χ0) is 26.3. The monoisotopic (exact) mass is 537 g/mol. The Balaban J connectivity index is 1.53. The first-order chi connectivity index (χ1) is 17.9. The molecule has 0 unspecified atom stereocenters. The molecule has 0 aliphatic carbocycles. The number of thiophene rings is 1. The quantitative estimate of drug-likeness (QED) is 0.207. The summed E-state index contributed by atoms with van der Waals surface area (Å²) in [6, 6.07) is 17.2. The average Bonchev–Trinajstić information content (AvgIpc) is 3.59. The third kappa shape index (κ3) is 6.66. The van der Waals surface area contributed by atoms with E-state index in [0.717, 1.165) is 52.7 Å². The van der Waals surface area contributed by atoms with E-state index in [4.69, 9.17) is 4.98 Å². The predicted molar refractivity (Wildman–Crippen MR) is 153 cm³/mol. The third-order valence-corrected chi connectivity index (χ3v) is 8.80. The van der Waals surface area contributed by atoms with Gasteiger partial charge in [-0.05, 0) is 67.5 Å². The minimum Gasteiger partial charge on any atom is -0.360 e. The lowest BCUT2D eigenvalue weighted by Gasteiger charge is -2.16. The first-order valence-electron chi connectivity index (χ1n) is 12.8. The molecule has 0 saturated heterocycles. The van der Waals surface area contributed by atoms with Crippen LogP contribution in [0.3, 0.4) is 0 Å². The van der Waals surface area contributed by atoms with Crippen molar-refractivity contribution < 1.29 is 8.42 Å². The second-order valence-corrected chi connectivity index (χ2v) is 11.8. The van der Waals surface area contributed by atoms with Crippen molar-refractivity contribution in [2.24, 2.45) is 0 Å². The molecule has 3 heterocycles. The molecule has 4 rings (SSSR count). The van der Waals surface area contributed by atoms with E-state index in [9.17, 15) is 8.42 Å². The fourth-order valence-electron chi connectivity index (χ4n) is 4.18. The first-order valence-corrected chi connectivity index (χ1v) is 15.2. The Labute approximate surface area is 224 Å². The summed E-state index contributed by atoms with van der Waals surface area (Å²) in [4.78, 5) is 8.22. The molecule has 0 spiro atoms. The molecule has 0 aliphatic rings. The molecule has 2 N–H and O–H groups in total. The third-order valence-electron chi connectivity index (χ3n) is 6.45. The van der Waals surface area contributed by atoms with Crippen LogP contribution >= 0.6 is 11.3 Å². The smallest absolute Gasteiger partial charge is 0.240 e. The van der Waals surface area contributed by atoms with Crippen LogP contribution in [0.4, 0.5) is 5.82 Å². The van der Waals surface area contributed by atoms with Gasteiger partial charge in [-0.25, -0.2) is 18.1 Å². The highest BCUT2D eigenvalue weighted by Gasteiger charge is 2.20.